The summed E-state index contributed by atoms with van der Waals surface area (Å²) < 4.78 is 0. The monoisotopic (exact) mass is 222 g/mol. The molecule has 0 aliphatic rings. The number of rotatable bonds is 3. The molecule has 1 aromatic heterocycles. The third kappa shape index (κ3) is 2.51. The molecule has 1 unspecified atom stereocenters. The fraction of sp³-hybridized carbons (Fsp3) is 0.500. The Kier molecular flexibility index (Phi) is 3.88. The van der Waals surface area contributed by atoms with Crippen LogP contribution in [0.2, 0.25) is 0 Å². The summed E-state index contributed by atoms with van der Waals surface area (Å²) in [4.78, 5) is 27.9. The van der Waals surface area contributed by atoms with E-state index in [1.165, 1.54) is 18.5 Å². The molecule has 16 heavy (non-hydrogen) atoms. The van der Waals surface area contributed by atoms with Gasteiger partial charge in [0.15, 0.2) is 5.43 Å². The highest BCUT2D eigenvalue weighted by atomic mass is 16.2. The molecule has 0 saturated carbocycles. The smallest absolute Gasteiger partial charge is 0.259 e. The van der Waals surface area contributed by atoms with E-state index in [0.717, 1.165) is 0 Å². The van der Waals surface area contributed by atoms with Crippen molar-refractivity contribution in [1.29, 1.82) is 0 Å². The molecule has 1 atom stereocenters. The molecule has 88 valence electrons. The van der Waals surface area contributed by atoms with Crippen LogP contribution >= 0.6 is 0 Å². The summed E-state index contributed by atoms with van der Waals surface area (Å²) in [5.74, 6) is 0.125. The Morgan fingerprint density at radius 2 is 2.00 bits per heavy atom. The van der Waals surface area contributed by atoms with Gasteiger partial charge in [-0.3, -0.25) is 9.59 Å². The summed E-state index contributed by atoms with van der Waals surface area (Å²) in [5, 5.41) is 0. The first-order valence-electron chi connectivity index (χ1n) is 5.39. The maximum Gasteiger partial charge on any atom is 0.259 e. The molecular weight excluding hydrogens is 204 g/mol. The van der Waals surface area contributed by atoms with Crippen molar-refractivity contribution >= 4 is 5.91 Å². The number of aromatic nitrogens is 1. The van der Waals surface area contributed by atoms with Crippen molar-refractivity contribution < 1.29 is 4.79 Å². The summed E-state index contributed by atoms with van der Waals surface area (Å²) in [6, 6.07) is 1.47. The number of nitrogens with zero attached hydrogens (tertiary/aromatic N) is 1. The van der Waals surface area contributed by atoms with Crippen molar-refractivity contribution in [3.63, 3.8) is 0 Å². The number of carbonyl (C=O) groups is 1. The maximum absolute atomic E-state index is 12.0. The molecule has 0 saturated heterocycles. The minimum atomic E-state index is -0.244. The third-order valence-corrected chi connectivity index (χ3v) is 2.95. The van der Waals surface area contributed by atoms with Crippen molar-refractivity contribution in [2.75, 3.05) is 7.05 Å². The second-order valence-corrected chi connectivity index (χ2v) is 4.32. The Morgan fingerprint density at radius 3 is 2.50 bits per heavy atom. The van der Waals surface area contributed by atoms with Gasteiger partial charge in [-0.05, 0) is 12.8 Å². The molecule has 0 aliphatic carbocycles. The molecule has 0 fully saturated rings. The van der Waals surface area contributed by atoms with E-state index < -0.39 is 0 Å². The number of nitrogens with one attached hydrogen (secondary N) is 1. The van der Waals surface area contributed by atoms with Gasteiger partial charge in [-0.25, -0.2) is 0 Å². The maximum atomic E-state index is 12.0. The number of pyridine rings is 1. The largest absolute Gasteiger partial charge is 0.367 e. The second-order valence-electron chi connectivity index (χ2n) is 4.32. The summed E-state index contributed by atoms with van der Waals surface area (Å²) in [6.45, 7) is 6.06. The Morgan fingerprint density at radius 1 is 1.38 bits per heavy atom. The highest BCUT2D eigenvalue weighted by molar-refractivity contribution is 5.93. The zero-order valence-electron chi connectivity index (χ0n) is 10.2. The number of aromatic amines is 1. The normalized spacial score (nSPS) is 12.6. The zero-order valence-corrected chi connectivity index (χ0v) is 10.2. The van der Waals surface area contributed by atoms with E-state index in [1.807, 2.05) is 20.8 Å². The van der Waals surface area contributed by atoms with E-state index in [9.17, 15) is 9.59 Å². The molecule has 4 nitrogen and oxygen atoms in total. The number of H-pyrrole nitrogens is 1. The molecule has 0 bridgehead atoms. The molecule has 0 aromatic carbocycles. The minimum Gasteiger partial charge on any atom is -0.367 e. The van der Waals surface area contributed by atoms with Crippen LogP contribution in [0.5, 0.6) is 0 Å². The van der Waals surface area contributed by atoms with Crippen molar-refractivity contribution in [3.8, 4) is 0 Å². The minimum absolute atomic E-state index is 0.104. The Balaban J connectivity index is 2.95. The van der Waals surface area contributed by atoms with Gasteiger partial charge in [0.25, 0.3) is 5.91 Å². The average molecular weight is 222 g/mol. The van der Waals surface area contributed by atoms with Crippen molar-refractivity contribution in [2.45, 2.75) is 26.8 Å². The number of carbonyl (C=O) groups excluding carboxylic acids is 1. The summed E-state index contributed by atoms with van der Waals surface area (Å²) in [5.41, 5.74) is -0.0518. The molecule has 1 aromatic rings. The first-order valence-corrected chi connectivity index (χ1v) is 5.39. The quantitative estimate of drug-likeness (QED) is 0.842. The van der Waals surface area contributed by atoms with E-state index in [4.69, 9.17) is 0 Å². The molecule has 0 spiro atoms. The topological polar surface area (TPSA) is 53.2 Å². The number of amides is 1. The summed E-state index contributed by atoms with van der Waals surface area (Å²) in [7, 11) is 1.72. The summed E-state index contributed by atoms with van der Waals surface area (Å²) in [6.07, 6.45) is 2.97. The van der Waals surface area contributed by atoms with Crippen molar-refractivity contribution in [3.05, 3.63) is 34.2 Å². The molecular formula is C12H18N2O2. The molecule has 1 rings (SSSR count). The molecule has 1 amide bonds. The molecule has 1 heterocycles. The lowest BCUT2D eigenvalue weighted by Gasteiger charge is -2.27. The Hall–Kier alpha value is -1.58. The standard InChI is InChI=1S/C12H18N2O2/c1-8(2)9(3)14(4)12(16)10-7-13-6-5-11(10)15/h5-9H,1-4H3,(H,13,15). The van der Waals surface area contributed by atoms with Gasteiger partial charge in [0.1, 0.15) is 5.56 Å². The molecule has 0 aliphatic heterocycles. The molecule has 0 radical (unpaired) electrons. The van der Waals surface area contributed by atoms with Gasteiger partial charge < -0.3 is 9.88 Å². The van der Waals surface area contributed by atoms with Crippen LogP contribution in [0.25, 0.3) is 0 Å². The Labute approximate surface area is 95.3 Å². The van der Waals surface area contributed by atoms with Gasteiger partial charge in [0, 0.05) is 31.5 Å². The lowest BCUT2D eigenvalue weighted by Crippen LogP contribution is -2.40. The van der Waals surface area contributed by atoms with Crippen LogP contribution < -0.4 is 5.43 Å². The van der Waals surface area contributed by atoms with E-state index in [0.29, 0.717) is 5.92 Å². The van der Waals surface area contributed by atoms with Crippen LogP contribution in [0.1, 0.15) is 31.1 Å². The predicted molar refractivity (Wildman–Crippen MR) is 63.5 cm³/mol. The van der Waals surface area contributed by atoms with Gasteiger partial charge in [-0.2, -0.15) is 0 Å². The van der Waals surface area contributed by atoms with Gasteiger partial charge in [-0.15, -0.1) is 0 Å². The van der Waals surface area contributed by atoms with Gasteiger partial charge in [0.05, 0.1) is 0 Å². The third-order valence-electron chi connectivity index (χ3n) is 2.95. The van der Waals surface area contributed by atoms with E-state index in [-0.39, 0.29) is 22.9 Å². The van der Waals surface area contributed by atoms with Gasteiger partial charge in [-0.1, -0.05) is 13.8 Å². The van der Waals surface area contributed by atoms with E-state index in [1.54, 1.807) is 11.9 Å². The van der Waals surface area contributed by atoms with Crippen LogP contribution in [0, 0.1) is 5.92 Å². The second kappa shape index (κ2) is 4.96. The predicted octanol–water partition coefficient (Wildman–Crippen LogP) is 1.49. The van der Waals surface area contributed by atoms with Crippen LogP contribution in [-0.2, 0) is 0 Å². The van der Waals surface area contributed by atoms with Gasteiger partial charge in [0.2, 0.25) is 0 Å². The van der Waals surface area contributed by atoms with Crippen LogP contribution in [0.15, 0.2) is 23.3 Å². The lowest BCUT2D eigenvalue weighted by molar-refractivity contribution is 0.0705. The lowest BCUT2D eigenvalue weighted by atomic mass is 10.0. The summed E-state index contributed by atoms with van der Waals surface area (Å²) >= 11 is 0. The SMILES string of the molecule is CC(C)C(C)N(C)C(=O)c1c[nH]ccc1=O. The number of hydrogen-bond acceptors (Lipinski definition) is 2. The van der Waals surface area contributed by atoms with Crippen molar-refractivity contribution in [2.24, 2.45) is 5.92 Å². The first kappa shape index (κ1) is 12.5. The van der Waals surface area contributed by atoms with E-state index in [2.05, 4.69) is 4.98 Å². The Bertz CT molecular complexity index is 423. The molecule has 4 heteroatoms. The number of hydrogen-bond donors (Lipinski definition) is 1. The highest BCUT2D eigenvalue weighted by Gasteiger charge is 2.21. The van der Waals surface area contributed by atoms with Crippen LogP contribution in [-0.4, -0.2) is 28.9 Å². The van der Waals surface area contributed by atoms with Crippen molar-refractivity contribution in [1.82, 2.24) is 9.88 Å². The fourth-order valence-corrected chi connectivity index (χ4v) is 1.41. The van der Waals surface area contributed by atoms with E-state index >= 15 is 0 Å². The highest BCUT2D eigenvalue weighted by Crippen LogP contribution is 2.10. The van der Waals surface area contributed by atoms with Crippen LogP contribution in [0.3, 0.4) is 0 Å². The van der Waals surface area contributed by atoms with Gasteiger partial charge >= 0.3 is 0 Å². The fourth-order valence-electron chi connectivity index (χ4n) is 1.41. The van der Waals surface area contributed by atoms with Crippen LogP contribution in [0.4, 0.5) is 0 Å². The first-order chi connectivity index (χ1) is 7.45. The zero-order chi connectivity index (χ0) is 12.3. The molecule has 1 N–H and O–H groups in total. The average Bonchev–Trinajstić information content (AvgIpc) is 2.26.